The second-order valence-corrected chi connectivity index (χ2v) is 5.43. The smallest absolute Gasteiger partial charge is 0.257 e. The van der Waals surface area contributed by atoms with Crippen LogP contribution in [0.4, 0.5) is 15.9 Å². The van der Waals surface area contributed by atoms with Crippen LogP contribution in [-0.4, -0.2) is 17.4 Å². The third-order valence-electron chi connectivity index (χ3n) is 2.63. The van der Waals surface area contributed by atoms with Crippen LogP contribution in [0.2, 0.25) is 5.02 Å². The Morgan fingerprint density at radius 1 is 1.43 bits per heavy atom. The van der Waals surface area contributed by atoms with Crippen LogP contribution in [0, 0.1) is 5.82 Å². The van der Waals surface area contributed by atoms with Crippen LogP contribution in [0.5, 0.6) is 0 Å². The maximum absolute atomic E-state index is 13.1. The average molecular weight is 373 g/mol. The number of amides is 1. The van der Waals surface area contributed by atoms with E-state index < -0.39 is 5.82 Å². The van der Waals surface area contributed by atoms with Gasteiger partial charge >= 0.3 is 0 Å². The van der Waals surface area contributed by atoms with Crippen LogP contribution in [0.15, 0.2) is 34.9 Å². The first-order valence-corrected chi connectivity index (χ1v) is 7.34. The van der Waals surface area contributed by atoms with Crippen molar-refractivity contribution in [2.45, 2.75) is 6.92 Å². The SMILES string of the molecule is CCNc1ncc(C(=O)Nc2ccc(F)c(Br)c2)cc1Cl. The number of carbonyl (C=O) groups is 1. The first kappa shape index (κ1) is 15.7. The van der Waals surface area contributed by atoms with Gasteiger partial charge in [0, 0.05) is 18.4 Å². The molecule has 0 spiro atoms. The predicted octanol–water partition coefficient (Wildman–Crippen LogP) is 4.32. The van der Waals surface area contributed by atoms with E-state index in [0.717, 1.165) is 0 Å². The molecule has 0 fully saturated rings. The lowest BCUT2D eigenvalue weighted by molar-refractivity contribution is 0.102. The van der Waals surface area contributed by atoms with E-state index in [4.69, 9.17) is 11.6 Å². The quantitative estimate of drug-likeness (QED) is 0.840. The molecule has 2 N–H and O–H groups in total. The Kier molecular flexibility index (Phi) is 5.14. The molecule has 0 unspecified atom stereocenters. The molecule has 0 bridgehead atoms. The van der Waals surface area contributed by atoms with Crippen LogP contribution in [0.1, 0.15) is 17.3 Å². The summed E-state index contributed by atoms with van der Waals surface area (Å²) in [5.41, 5.74) is 0.794. The van der Waals surface area contributed by atoms with Crippen molar-refractivity contribution in [3.63, 3.8) is 0 Å². The highest BCUT2D eigenvalue weighted by atomic mass is 79.9. The molecule has 2 rings (SSSR count). The number of aromatic nitrogens is 1. The average Bonchev–Trinajstić information content (AvgIpc) is 2.45. The van der Waals surface area contributed by atoms with Gasteiger partial charge in [-0.1, -0.05) is 11.6 Å². The van der Waals surface area contributed by atoms with Gasteiger partial charge in [-0.3, -0.25) is 4.79 Å². The molecule has 1 aromatic heterocycles. The standard InChI is InChI=1S/C14H12BrClFN3O/c1-2-18-13-11(16)5-8(7-19-13)14(21)20-9-3-4-12(17)10(15)6-9/h3-7H,2H2,1H3,(H,18,19)(H,20,21). The first-order valence-electron chi connectivity index (χ1n) is 6.17. The number of hydrogen-bond acceptors (Lipinski definition) is 3. The minimum absolute atomic E-state index is 0.277. The van der Waals surface area contributed by atoms with E-state index in [1.165, 1.54) is 30.5 Å². The molecule has 4 nitrogen and oxygen atoms in total. The van der Waals surface area contributed by atoms with E-state index in [1.807, 2.05) is 6.92 Å². The number of rotatable bonds is 4. The number of halogens is 3. The number of carbonyl (C=O) groups excluding carboxylic acids is 1. The number of hydrogen-bond donors (Lipinski definition) is 2. The van der Waals surface area contributed by atoms with Gasteiger partial charge in [-0.2, -0.15) is 0 Å². The minimum Gasteiger partial charge on any atom is -0.369 e. The zero-order valence-electron chi connectivity index (χ0n) is 11.1. The highest BCUT2D eigenvalue weighted by Crippen LogP contribution is 2.22. The van der Waals surface area contributed by atoms with Crippen molar-refractivity contribution in [2.75, 3.05) is 17.2 Å². The third-order valence-corrected chi connectivity index (χ3v) is 3.52. The molecule has 0 radical (unpaired) electrons. The summed E-state index contributed by atoms with van der Waals surface area (Å²) in [6.07, 6.45) is 1.43. The molecule has 1 heterocycles. The maximum atomic E-state index is 13.1. The molecule has 0 aliphatic rings. The fraction of sp³-hybridized carbons (Fsp3) is 0.143. The number of nitrogens with zero attached hydrogens (tertiary/aromatic N) is 1. The largest absolute Gasteiger partial charge is 0.369 e. The van der Waals surface area contributed by atoms with Crippen LogP contribution < -0.4 is 10.6 Å². The molecule has 110 valence electrons. The van der Waals surface area contributed by atoms with Gasteiger partial charge in [0.25, 0.3) is 5.91 Å². The topological polar surface area (TPSA) is 54.0 Å². The molecule has 1 aromatic carbocycles. The number of nitrogens with one attached hydrogen (secondary N) is 2. The summed E-state index contributed by atoms with van der Waals surface area (Å²) in [5, 5.41) is 6.00. The van der Waals surface area contributed by atoms with E-state index in [0.29, 0.717) is 28.6 Å². The van der Waals surface area contributed by atoms with Gasteiger partial charge in [-0.25, -0.2) is 9.37 Å². The molecule has 0 saturated carbocycles. The summed E-state index contributed by atoms with van der Waals surface area (Å²) in [5.74, 6) is -0.237. The summed E-state index contributed by atoms with van der Waals surface area (Å²) in [6, 6.07) is 5.74. The lowest BCUT2D eigenvalue weighted by Gasteiger charge is -2.08. The highest BCUT2D eigenvalue weighted by Gasteiger charge is 2.11. The Morgan fingerprint density at radius 3 is 2.81 bits per heavy atom. The Morgan fingerprint density at radius 2 is 2.19 bits per heavy atom. The Hall–Kier alpha value is -1.66. The molecule has 0 aliphatic heterocycles. The lowest BCUT2D eigenvalue weighted by atomic mass is 10.2. The monoisotopic (exact) mass is 371 g/mol. The van der Waals surface area contributed by atoms with Crippen molar-refractivity contribution < 1.29 is 9.18 Å². The van der Waals surface area contributed by atoms with Crippen molar-refractivity contribution in [3.8, 4) is 0 Å². The van der Waals surface area contributed by atoms with E-state index in [-0.39, 0.29) is 10.4 Å². The van der Waals surface area contributed by atoms with E-state index >= 15 is 0 Å². The van der Waals surface area contributed by atoms with Gasteiger partial charge in [-0.05, 0) is 47.1 Å². The summed E-state index contributed by atoms with van der Waals surface area (Å²) in [4.78, 5) is 16.2. The molecule has 0 aliphatic carbocycles. The zero-order chi connectivity index (χ0) is 15.4. The van der Waals surface area contributed by atoms with Gasteiger partial charge in [0.05, 0.1) is 15.1 Å². The van der Waals surface area contributed by atoms with Crippen LogP contribution in [-0.2, 0) is 0 Å². The fourth-order valence-electron chi connectivity index (χ4n) is 1.64. The molecule has 21 heavy (non-hydrogen) atoms. The van der Waals surface area contributed by atoms with Crippen molar-refractivity contribution in [2.24, 2.45) is 0 Å². The number of pyridine rings is 1. The second kappa shape index (κ2) is 6.87. The van der Waals surface area contributed by atoms with Gasteiger partial charge in [0.1, 0.15) is 11.6 Å². The Bertz CT molecular complexity index is 681. The molecule has 1 amide bonds. The van der Waals surface area contributed by atoms with Crippen molar-refractivity contribution in [1.29, 1.82) is 0 Å². The van der Waals surface area contributed by atoms with Gasteiger partial charge in [-0.15, -0.1) is 0 Å². The number of anilines is 2. The highest BCUT2D eigenvalue weighted by molar-refractivity contribution is 9.10. The normalized spacial score (nSPS) is 10.3. The predicted molar refractivity (Wildman–Crippen MR) is 85.5 cm³/mol. The minimum atomic E-state index is -0.396. The Labute approximate surface area is 134 Å². The van der Waals surface area contributed by atoms with Crippen LogP contribution >= 0.6 is 27.5 Å². The molecule has 0 atom stereocenters. The van der Waals surface area contributed by atoms with Gasteiger partial charge in [0.2, 0.25) is 0 Å². The van der Waals surface area contributed by atoms with Gasteiger partial charge in [0.15, 0.2) is 0 Å². The molecule has 7 heteroatoms. The van der Waals surface area contributed by atoms with Crippen molar-refractivity contribution >= 4 is 44.9 Å². The first-order chi connectivity index (χ1) is 10.0. The zero-order valence-corrected chi connectivity index (χ0v) is 13.4. The summed E-state index contributed by atoms with van der Waals surface area (Å²) in [6.45, 7) is 2.60. The van der Waals surface area contributed by atoms with E-state index in [2.05, 4.69) is 31.5 Å². The molecular formula is C14H12BrClFN3O. The molecule has 0 saturated heterocycles. The molecule has 2 aromatic rings. The third kappa shape index (κ3) is 3.92. The van der Waals surface area contributed by atoms with Crippen molar-refractivity contribution in [3.05, 3.63) is 51.3 Å². The number of benzene rings is 1. The fourth-order valence-corrected chi connectivity index (χ4v) is 2.25. The lowest BCUT2D eigenvalue weighted by Crippen LogP contribution is -2.13. The van der Waals surface area contributed by atoms with Gasteiger partial charge < -0.3 is 10.6 Å². The summed E-state index contributed by atoms with van der Waals surface area (Å²) >= 11 is 9.10. The maximum Gasteiger partial charge on any atom is 0.257 e. The van der Waals surface area contributed by atoms with E-state index in [1.54, 1.807) is 0 Å². The molecular weight excluding hydrogens is 361 g/mol. The van der Waals surface area contributed by atoms with E-state index in [9.17, 15) is 9.18 Å². The summed E-state index contributed by atoms with van der Waals surface area (Å²) < 4.78 is 13.4. The van der Waals surface area contributed by atoms with Crippen molar-refractivity contribution in [1.82, 2.24) is 4.98 Å². The van der Waals surface area contributed by atoms with Crippen LogP contribution in [0.25, 0.3) is 0 Å². The second-order valence-electron chi connectivity index (χ2n) is 4.17. The Balaban J connectivity index is 2.16. The van der Waals surface area contributed by atoms with Crippen LogP contribution in [0.3, 0.4) is 0 Å². The summed E-state index contributed by atoms with van der Waals surface area (Å²) in [7, 11) is 0.